The van der Waals surface area contributed by atoms with Crippen LogP contribution in [-0.4, -0.2) is 46.3 Å². The summed E-state index contributed by atoms with van der Waals surface area (Å²) >= 11 is 7.48. The molecule has 2 aliphatic heterocycles. The molecule has 2 saturated heterocycles. The standard InChI is InChI=1S/C20H23ClN2O3S/c1-14(19(24)23-9-6-20(7-10-23)8-11-25-20)27-13-18-22-12-17(26-18)15-2-4-16(21)5-3-15/h2-5,12,14H,6-11,13H2,1H3. The van der Waals surface area contributed by atoms with Crippen LogP contribution in [0, 0.1) is 0 Å². The number of oxazole rings is 1. The molecule has 3 heterocycles. The highest BCUT2D eigenvalue weighted by Gasteiger charge is 2.42. The highest BCUT2D eigenvalue weighted by Crippen LogP contribution is 2.37. The van der Waals surface area contributed by atoms with Crippen LogP contribution in [0.3, 0.4) is 0 Å². The van der Waals surface area contributed by atoms with Crippen LogP contribution in [0.1, 0.15) is 32.1 Å². The van der Waals surface area contributed by atoms with E-state index < -0.39 is 0 Å². The Kier molecular flexibility index (Phi) is 5.48. The third kappa shape index (κ3) is 4.18. The van der Waals surface area contributed by atoms with E-state index in [0.717, 1.165) is 44.5 Å². The van der Waals surface area contributed by atoms with E-state index in [1.807, 2.05) is 36.1 Å². The maximum Gasteiger partial charge on any atom is 0.235 e. The fourth-order valence-corrected chi connectivity index (χ4v) is 4.51. The summed E-state index contributed by atoms with van der Waals surface area (Å²) in [5.41, 5.74) is 1.01. The molecule has 0 radical (unpaired) electrons. The second-order valence-electron chi connectivity index (χ2n) is 7.19. The first kappa shape index (κ1) is 18.8. The maximum atomic E-state index is 12.7. The summed E-state index contributed by atoms with van der Waals surface area (Å²) in [6, 6.07) is 7.46. The lowest BCUT2D eigenvalue weighted by Gasteiger charge is -2.47. The Morgan fingerprint density at radius 2 is 2.00 bits per heavy atom. The third-order valence-electron chi connectivity index (χ3n) is 5.44. The van der Waals surface area contributed by atoms with Gasteiger partial charge in [0.15, 0.2) is 5.76 Å². The van der Waals surface area contributed by atoms with Gasteiger partial charge in [-0.05, 0) is 50.5 Å². The number of likely N-dealkylation sites (tertiary alicyclic amines) is 1. The van der Waals surface area contributed by atoms with Gasteiger partial charge < -0.3 is 14.1 Å². The van der Waals surface area contributed by atoms with Crippen LogP contribution in [0.25, 0.3) is 11.3 Å². The molecule has 0 aliphatic carbocycles. The number of thioether (sulfide) groups is 1. The van der Waals surface area contributed by atoms with E-state index >= 15 is 0 Å². The van der Waals surface area contributed by atoms with Crippen molar-refractivity contribution in [2.45, 2.75) is 42.8 Å². The lowest BCUT2D eigenvalue weighted by Crippen LogP contribution is -2.54. The number of aromatic nitrogens is 1. The number of rotatable bonds is 5. The Balaban J connectivity index is 1.28. The van der Waals surface area contributed by atoms with Crippen molar-refractivity contribution in [1.82, 2.24) is 9.88 Å². The molecular formula is C20H23ClN2O3S. The fraction of sp³-hybridized carbons (Fsp3) is 0.500. The number of carbonyl (C=O) groups excluding carboxylic acids is 1. The minimum atomic E-state index is -0.118. The largest absolute Gasteiger partial charge is 0.440 e. The number of amides is 1. The van der Waals surface area contributed by atoms with Crippen LogP contribution in [0.2, 0.25) is 5.02 Å². The molecule has 1 aromatic heterocycles. The lowest BCUT2D eigenvalue weighted by molar-refractivity contribution is -0.176. The van der Waals surface area contributed by atoms with Crippen molar-refractivity contribution < 1.29 is 13.9 Å². The number of hydrogen-bond donors (Lipinski definition) is 0. The average Bonchev–Trinajstić information content (AvgIpc) is 3.14. The van der Waals surface area contributed by atoms with Crippen molar-refractivity contribution in [1.29, 1.82) is 0 Å². The van der Waals surface area contributed by atoms with E-state index in [1.54, 1.807) is 18.0 Å². The SMILES string of the molecule is CC(SCc1ncc(-c2ccc(Cl)cc2)o1)C(=O)N1CCC2(CCO2)CC1. The zero-order chi connectivity index (χ0) is 18.9. The Morgan fingerprint density at radius 1 is 1.30 bits per heavy atom. The quantitative estimate of drug-likeness (QED) is 0.736. The summed E-state index contributed by atoms with van der Waals surface area (Å²) in [4.78, 5) is 19.0. The fourth-order valence-electron chi connectivity index (χ4n) is 3.57. The molecule has 0 bridgehead atoms. The van der Waals surface area contributed by atoms with Gasteiger partial charge in [0.1, 0.15) is 0 Å². The number of benzene rings is 1. The highest BCUT2D eigenvalue weighted by molar-refractivity contribution is 7.99. The van der Waals surface area contributed by atoms with Crippen molar-refractivity contribution in [3.05, 3.63) is 41.4 Å². The number of nitrogens with zero attached hydrogens (tertiary/aromatic N) is 2. The van der Waals surface area contributed by atoms with Gasteiger partial charge in [-0.25, -0.2) is 4.98 Å². The monoisotopic (exact) mass is 406 g/mol. The van der Waals surface area contributed by atoms with Gasteiger partial charge in [0.25, 0.3) is 0 Å². The van der Waals surface area contributed by atoms with Gasteiger partial charge in [-0.3, -0.25) is 4.79 Å². The topological polar surface area (TPSA) is 55.6 Å². The zero-order valence-corrected chi connectivity index (χ0v) is 16.9. The predicted molar refractivity (Wildman–Crippen MR) is 107 cm³/mol. The Hall–Kier alpha value is -1.50. The van der Waals surface area contributed by atoms with Gasteiger partial charge in [-0.1, -0.05) is 11.6 Å². The molecule has 0 N–H and O–H groups in total. The molecule has 2 aliphatic rings. The molecule has 2 fully saturated rings. The van der Waals surface area contributed by atoms with Gasteiger partial charge in [0, 0.05) is 23.7 Å². The van der Waals surface area contributed by atoms with Gasteiger partial charge in [-0.2, -0.15) is 0 Å². The van der Waals surface area contributed by atoms with E-state index in [9.17, 15) is 4.79 Å². The highest BCUT2D eigenvalue weighted by atomic mass is 35.5. The van der Waals surface area contributed by atoms with Crippen molar-refractivity contribution in [3.63, 3.8) is 0 Å². The first-order valence-electron chi connectivity index (χ1n) is 9.30. The van der Waals surface area contributed by atoms with Crippen molar-refractivity contribution in [2.75, 3.05) is 19.7 Å². The van der Waals surface area contributed by atoms with E-state index in [-0.39, 0.29) is 16.8 Å². The summed E-state index contributed by atoms with van der Waals surface area (Å²) in [5, 5.41) is 0.570. The van der Waals surface area contributed by atoms with Crippen LogP contribution in [0.4, 0.5) is 0 Å². The van der Waals surface area contributed by atoms with Crippen molar-refractivity contribution in [2.24, 2.45) is 0 Å². The van der Waals surface area contributed by atoms with Crippen LogP contribution in [0.5, 0.6) is 0 Å². The first-order valence-corrected chi connectivity index (χ1v) is 10.7. The lowest BCUT2D eigenvalue weighted by atomic mass is 9.84. The van der Waals surface area contributed by atoms with E-state index in [1.165, 1.54) is 0 Å². The number of hydrogen-bond acceptors (Lipinski definition) is 5. The molecule has 1 amide bonds. The van der Waals surface area contributed by atoms with Gasteiger partial charge in [0.2, 0.25) is 11.8 Å². The second-order valence-corrected chi connectivity index (χ2v) is 8.95. The smallest absolute Gasteiger partial charge is 0.235 e. The molecule has 144 valence electrons. The predicted octanol–water partition coefficient (Wildman–Crippen LogP) is 4.40. The van der Waals surface area contributed by atoms with E-state index in [2.05, 4.69) is 4.98 Å². The third-order valence-corrected chi connectivity index (χ3v) is 6.81. The molecule has 2 aromatic rings. The summed E-state index contributed by atoms with van der Waals surface area (Å²) in [6.45, 7) is 4.42. The molecule has 0 saturated carbocycles. The Bertz CT molecular complexity index is 794. The molecule has 7 heteroatoms. The summed E-state index contributed by atoms with van der Waals surface area (Å²) < 4.78 is 11.5. The summed E-state index contributed by atoms with van der Waals surface area (Å²) in [6.07, 6.45) is 4.77. The number of halogens is 1. The van der Waals surface area contributed by atoms with E-state index in [0.29, 0.717) is 22.4 Å². The van der Waals surface area contributed by atoms with Crippen molar-refractivity contribution in [3.8, 4) is 11.3 Å². The summed E-state index contributed by atoms with van der Waals surface area (Å²) in [5.74, 6) is 2.10. The average molecular weight is 407 g/mol. The second kappa shape index (κ2) is 7.86. The number of ether oxygens (including phenoxy) is 1. The number of piperidine rings is 1. The molecule has 5 nitrogen and oxygen atoms in total. The van der Waals surface area contributed by atoms with Gasteiger partial charge in [-0.15, -0.1) is 11.8 Å². The van der Waals surface area contributed by atoms with Crippen LogP contribution >= 0.6 is 23.4 Å². The van der Waals surface area contributed by atoms with Crippen molar-refractivity contribution >= 4 is 29.3 Å². The zero-order valence-electron chi connectivity index (χ0n) is 15.3. The molecule has 1 unspecified atom stereocenters. The van der Waals surface area contributed by atoms with Gasteiger partial charge in [0.05, 0.1) is 29.4 Å². The molecule has 1 aromatic carbocycles. The summed E-state index contributed by atoms with van der Waals surface area (Å²) in [7, 11) is 0. The van der Waals surface area contributed by atoms with Crippen LogP contribution in [0.15, 0.2) is 34.9 Å². The normalized spacial score (nSPS) is 19.7. The molecule has 1 atom stereocenters. The Morgan fingerprint density at radius 3 is 2.63 bits per heavy atom. The molecule has 4 rings (SSSR count). The first-order chi connectivity index (χ1) is 13.0. The molecular weight excluding hydrogens is 384 g/mol. The van der Waals surface area contributed by atoms with Crippen LogP contribution < -0.4 is 0 Å². The minimum Gasteiger partial charge on any atom is -0.440 e. The maximum absolute atomic E-state index is 12.7. The minimum absolute atomic E-state index is 0.0727. The Labute approximate surface area is 168 Å². The van der Waals surface area contributed by atoms with Crippen LogP contribution in [-0.2, 0) is 15.3 Å². The molecule has 27 heavy (non-hydrogen) atoms. The molecule has 1 spiro atoms. The number of carbonyl (C=O) groups is 1. The van der Waals surface area contributed by atoms with Gasteiger partial charge >= 0.3 is 0 Å². The van der Waals surface area contributed by atoms with E-state index in [4.69, 9.17) is 20.8 Å².